The molecule has 0 radical (unpaired) electrons. The van der Waals surface area contributed by atoms with Crippen molar-refractivity contribution in [3.8, 4) is 11.1 Å². The quantitative estimate of drug-likeness (QED) is 0.674. The summed E-state index contributed by atoms with van der Waals surface area (Å²) < 4.78 is 3.06. The van der Waals surface area contributed by atoms with E-state index in [2.05, 4.69) is 33.2 Å². The van der Waals surface area contributed by atoms with Crippen LogP contribution >= 0.6 is 15.9 Å². The minimum absolute atomic E-state index is 0.166. The summed E-state index contributed by atoms with van der Waals surface area (Å²) in [6, 6.07) is 18.1. The number of halogens is 1. The third-order valence-corrected chi connectivity index (χ3v) is 5.05. The zero-order valence-corrected chi connectivity index (χ0v) is 15.3. The van der Waals surface area contributed by atoms with E-state index < -0.39 is 0 Å². The second kappa shape index (κ2) is 6.84. The van der Waals surface area contributed by atoms with Gasteiger partial charge in [-0.3, -0.25) is 9.48 Å². The van der Waals surface area contributed by atoms with Gasteiger partial charge in [0.05, 0.1) is 31.4 Å². The van der Waals surface area contributed by atoms with Crippen molar-refractivity contribution in [2.24, 2.45) is 0 Å². The molecule has 5 heteroatoms. The van der Waals surface area contributed by atoms with Crippen LogP contribution in [0.25, 0.3) is 11.1 Å². The van der Waals surface area contributed by atoms with Crippen molar-refractivity contribution in [1.82, 2.24) is 14.7 Å². The number of carbonyl (C=O) groups excluding carboxylic acids is 1. The molecule has 0 aliphatic carbocycles. The number of carbonyl (C=O) groups is 1. The second-order valence-electron chi connectivity index (χ2n) is 6.22. The van der Waals surface area contributed by atoms with E-state index in [9.17, 15) is 4.79 Å². The fourth-order valence-electron chi connectivity index (χ4n) is 3.24. The number of fused-ring (bicyclic) bond motifs is 1. The molecule has 0 atom stereocenters. The SMILES string of the molecule is O=C(Cc1ccccc1)N1CCn2ncc(-c3cccc(Br)c3)c2C1. The van der Waals surface area contributed by atoms with Crippen molar-refractivity contribution < 1.29 is 4.79 Å². The lowest BCUT2D eigenvalue weighted by Crippen LogP contribution is -2.39. The Bertz CT molecular complexity index is 904. The molecule has 0 spiro atoms. The number of hydrogen-bond donors (Lipinski definition) is 0. The van der Waals surface area contributed by atoms with Crippen molar-refractivity contribution in [3.63, 3.8) is 0 Å². The van der Waals surface area contributed by atoms with E-state index >= 15 is 0 Å². The molecule has 1 amide bonds. The minimum atomic E-state index is 0.166. The first-order chi connectivity index (χ1) is 12.2. The maximum Gasteiger partial charge on any atom is 0.227 e. The lowest BCUT2D eigenvalue weighted by atomic mass is 10.0. The molecule has 3 aromatic rings. The van der Waals surface area contributed by atoms with E-state index in [1.807, 2.05) is 58.2 Å². The molecule has 0 saturated heterocycles. The highest BCUT2D eigenvalue weighted by Crippen LogP contribution is 2.29. The first kappa shape index (κ1) is 16.1. The standard InChI is InChI=1S/C20H18BrN3O/c21-17-8-4-7-16(12-17)18-13-22-24-10-9-23(14-19(18)24)20(25)11-15-5-2-1-3-6-15/h1-8,12-13H,9-11,14H2. The van der Waals surface area contributed by atoms with Gasteiger partial charge in [0.25, 0.3) is 0 Å². The number of aromatic nitrogens is 2. The highest BCUT2D eigenvalue weighted by molar-refractivity contribution is 9.10. The van der Waals surface area contributed by atoms with Gasteiger partial charge in [-0.25, -0.2) is 0 Å². The first-order valence-corrected chi connectivity index (χ1v) is 9.12. The van der Waals surface area contributed by atoms with Crippen LogP contribution in [0.3, 0.4) is 0 Å². The average molecular weight is 396 g/mol. The summed E-state index contributed by atoms with van der Waals surface area (Å²) in [7, 11) is 0. The van der Waals surface area contributed by atoms with Gasteiger partial charge in [-0.2, -0.15) is 5.10 Å². The van der Waals surface area contributed by atoms with Crippen LogP contribution in [0.4, 0.5) is 0 Å². The summed E-state index contributed by atoms with van der Waals surface area (Å²) in [5, 5.41) is 4.50. The number of amides is 1. The lowest BCUT2D eigenvalue weighted by Gasteiger charge is -2.28. The zero-order valence-electron chi connectivity index (χ0n) is 13.7. The Morgan fingerprint density at radius 1 is 1.08 bits per heavy atom. The Hall–Kier alpha value is -2.40. The van der Waals surface area contributed by atoms with Gasteiger partial charge >= 0.3 is 0 Å². The maximum atomic E-state index is 12.7. The van der Waals surface area contributed by atoms with E-state index in [-0.39, 0.29) is 5.91 Å². The van der Waals surface area contributed by atoms with Crippen LogP contribution in [0, 0.1) is 0 Å². The molecule has 2 aromatic carbocycles. The predicted octanol–water partition coefficient (Wildman–Crippen LogP) is 3.90. The Kier molecular flexibility index (Phi) is 4.40. The lowest BCUT2D eigenvalue weighted by molar-refractivity contribution is -0.131. The Morgan fingerprint density at radius 2 is 1.92 bits per heavy atom. The highest BCUT2D eigenvalue weighted by Gasteiger charge is 2.24. The van der Waals surface area contributed by atoms with Crippen LogP contribution in [0.1, 0.15) is 11.3 Å². The van der Waals surface area contributed by atoms with Crippen LogP contribution < -0.4 is 0 Å². The Balaban J connectivity index is 1.56. The predicted molar refractivity (Wildman–Crippen MR) is 101 cm³/mol. The average Bonchev–Trinajstić information content (AvgIpc) is 3.05. The molecule has 1 aliphatic heterocycles. The van der Waals surface area contributed by atoms with Crippen LogP contribution in [0.15, 0.2) is 65.3 Å². The minimum Gasteiger partial charge on any atom is -0.335 e. The molecule has 0 N–H and O–H groups in total. The van der Waals surface area contributed by atoms with Crippen LogP contribution in [-0.2, 0) is 24.3 Å². The second-order valence-corrected chi connectivity index (χ2v) is 7.13. The highest BCUT2D eigenvalue weighted by atomic mass is 79.9. The molecule has 2 heterocycles. The van der Waals surface area contributed by atoms with E-state index in [1.165, 1.54) is 0 Å². The summed E-state index contributed by atoms with van der Waals surface area (Å²) in [6.45, 7) is 2.05. The molecule has 25 heavy (non-hydrogen) atoms. The van der Waals surface area contributed by atoms with Gasteiger partial charge in [-0.1, -0.05) is 58.4 Å². The summed E-state index contributed by atoms with van der Waals surface area (Å²) in [4.78, 5) is 14.6. The summed E-state index contributed by atoms with van der Waals surface area (Å²) in [5.74, 6) is 0.166. The molecule has 4 nitrogen and oxygen atoms in total. The third kappa shape index (κ3) is 3.37. The molecular weight excluding hydrogens is 378 g/mol. The molecule has 0 unspecified atom stereocenters. The van der Waals surface area contributed by atoms with Crippen molar-refractivity contribution in [1.29, 1.82) is 0 Å². The van der Waals surface area contributed by atoms with E-state index in [1.54, 1.807) is 0 Å². The zero-order chi connectivity index (χ0) is 17.2. The molecule has 1 aromatic heterocycles. The van der Waals surface area contributed by atoms with Crippen LogP contribution in [-0.4, -0.2) is 27.1 Å². The van der Waals surface area contributed by atoms with Crippen molar-refractivity contribution in [3.05, 3.63) is 76.5 Å². The Morgan fingerprint density at radius 3 is 2.72 bits per heavy atom. The van der Waals surface area contributed by atoms with Crippen molar-refractivity contribution >= 4 is 21.8 Å². The largest absolute Gasteiger partial charge is 0.335 e. The number of benzene rings is 2. The molecule has 0 fully saturated rings. The first-order valence-electron chi connectivity index (χ1n) is 8.33. The van der Waals surface area contributed by atoms with Crippen LogP contribution in [0.5, 0.6) is 0 Å². The van der Waals surface area contributed by atoms with E-state index in [4.69, 9.17) is 0 Å². The number of nitrogens with zero attached hydrogens (tertiary/aromatic N) is 3. The fourth-order valence-corrected chi connectivity index (χ4v) is 3.64. The molecule has 1 aliphatic rings. The van der Waals surface area contributed by atoms with Crippen molar-refractivity contribution in [2.75, 3.05) is 6.54 Å². The number of hydrogen-bond acceptors (Lipinski definition) is 2. The van der Waals surface area contributed by atoms with Crippen molar-refractivity contribution in [2.45, 2.75) is 19.5 Å². The summed E-state index contributed by atoms with van der Waals surface area (Å²) in [5.41, 5.74) is 4.37. The van der Waals surface area contributed by atoms with Gasteiger partial charge in [0.15, 0.2) is 0 Å². The molecular formula is C20H18BrN3O. The maximum absolute atomic E-state index is 12.7. The van der Waals surface area contributed by atoms with Crippen LogP contribution in [0.2, 0.25) is 0 Å². The van der Waals surface area contributed by atoms with E-state index in [0.29, 0.717) is 19.5 Å². The summed E-state index contributed by atoms with van der Waals surface area (Å²) >= 11 is 3.52. The van der Waals surface area contributed by atoms with Gasteiger partial charge in [0, 0.05) is 16.6 Å². The normalized spacial score (nSPS) is 13.6. The van der Waals surface area contributed by atoms with E-state index in [0.717, 1.165) is 33.4 Å². The van der Waals surface area contributed by atoms with Gasteiger partial charge in [0.1, 0.15) is 0 Å². The van der Waals surface area contributed by atoms with Gasteiger partial charge in [-0.15, -0.1) is 0 Å². The monoisotopic (exact) mass is 395 g/mol. The molecule has 4 rings (SSSR count). The number of rotatable bonds is 3. The van der Waals surface area contributed by atoms with Gasteiger partial charge in [-0.05, 0) is 23.3 Å². The summed E-state index contributed by atoms with van der Waals surface area (Å²) in [6.07, 6.45) is 2.35. The van der Waals surface area contributed by atoms with Gasteiger partial charge < -0.3 is 4.90 Å². The topological polar surface area (TPSA) is 38.1 Å². The third-order valence-electron chi connectivity index (χ3n) is 4.56. The molecule has 0 bridgehead atoms. The van der Waals surface area contributed by atoms with Gasteiger partial charge in [0.2, 0.25) is 5.91 Å². The Labute approximate surface area is 155 Å². The molecule has 126 valence electrons. The smallest absolute Gasteiger partial charge is 0.227 e. The molecule has 0 saturated carbocycles. The fraction of sp³-hybridized carbons (Fsp3) is 0.200.